The van der Waals surface area contributed by atoms with Gasteiger partial charge in [0.25, 0.3) is 0 Å². The Morgan fingerprint density at radius 1 is 1.12 bits per heavy atom. The smallest absolute Gasteiger partial charge is 0.224 e. The van der Waals surface area contributed by atoms with Gasteiger partial charge >= 0.3 is 0 Å². The van der Waals surface area contributed by atoms with Gasteiger partial charge in [0, 0.05) is 6.42 Å². The highest BCUT2D eigenvalue weighted by Crippen LogP contribution is 2.25. The standard InChI is InChI=1S/C12H20N4S/c1-17-12-15-10(14-11(13)16-12)8-9-6-4-2-3-5-7-9/h9H,2-8H2,1H3,(H2,13,14,15,16). The van der Waals surface area contributed by atoms with Crippen LogP contribution in [0.4, 0.5) is 5.95 Å². The average Bonchev–Trinajstić information content (AvgIpc) is 2.57. The van der Waals surface area contributed by atoms with E-state index < -0.39 is 0 Å². The molecule has 1 aromatic rings. The van der Waals surface area contributed by atoms with E-state index in [0.29, 0.717) is 5.95 Å². The molecule has 0 saturated heterocycles. The molecule has 1 fully saturated rings. The maximum Gasteiger partial charge on any atom is 0.224 e. The van der Waals surface area contributed by atoms with Crippen molar-refractivity contribution in [1.82, 2.24) is 15.0 Å². The fraction of sp³-hybridized carbons (Fsp3) is 0.750. The number of nitrogen functional groups attached to an aromatic ring is 1. The molecule has 0 bridgehead atoms. The lowest BCUT2D eigenvalue weighted by Crippen LogP contribution is -2.10. The van der Waals surface area contributed by atoms with Crippen LogP contribution in [0.15, 0.2) is 5.16 Å². The predicted molar refractivity (Wildman–Crippen MR) is 70.9 cm³/mol. The highest BCUT2D eigenvalue weighted by Gasteiger charge is 2.15. The lowest BCUT2D eigenvalue weighted by atomic mass is 9.96. The van der Waals surface area contributed by atoms with Crippen LogP contribution in [0.25, 0.3) is 0 Å². The van der Waals surface area contributed by atoms with Crippen molar-refractivity contribution < 1.29 is 0 Å². The van der Waals surface area contributed by atoms with E-state index in [1.54, 1.807) is 0 Å². The summed E-state index contributed by atoms with van der Waals surface area (Å²) in [6, 6.07) is 0. The van der Waals surface area contributed by atoms with Gasteiger partial charge in [-0.3, -0.25) is 0 Å². The quantitative estimate of drug-likeness (QED) is 0.662. The molecule has 1 aromatic heterocycles. The van der Waals surface area contributed by atoms with Gasteiger partial charge in [0.1, 0.15) is 5.82 Å². The van der Waals surface area contributed by atoms with Crippen molar-refractivity contribution in [3.05, 3.63) is 5.82 Å². The number of hydrogen-bond acceptors (Lipinski definition) is 5. The molecule has 0 aromatic carbocycles. The van der Waals surface area contributed by atoms with Crippen LogP contribution < -0.4 is 5.73 Å². The largest absolute Gasteiger partial charge is 0.368 e. The molecule has 0 atom stereocenters. The SMILES string of the molecule is CSc1nc(N)nc(CC2CCCCCC2)n1. The Balaban J connectivity index is 2.03. The van der Waals surface area contributed by atoms with Crippen LogP contribution in [0, 0.1) is 5.92 Å². The van der Waals surface area contributed by atoms with Gasteiger partial charge in [-0.2, -0.15) is 9.97 Å². The Bertz CT molecular complexity index is 362. The molecular weight excluding hydrogens is 232 g/mol. The van der Waals surface area contributed by atoms with Gasteiger partial charge in [-0.15, -0.1) is 0 Å². The number of nitrogens with zero attached hydrogens (tertiary/aromatic N) is 3. The molecule has 1 aliphatic rings. The van der Waals surface area contributed by atoms with E-state index >= 15 is 0 Å². The fourth-order valence-corrected chi connectivity index (χ4v) is 2.81. The Kier molecular flexibility index (Phi) is 4.59. The number of hydrogen-bond donors (Lipinski definition) is 1. The Morgan fingerprint density at radius 3 is 2.47 bits per heavy atom. The van der Waals surface area contributed by atoms with E-state index in [4.69, 9.17) is 5.73 Å². The molecule has 0 aliphatic heterocycles. The minimum atomic E-state index is 0.355. The van der Waals surface area contributed by atoms with Crippen LogP contribution in [-0.4, -0.2) is 21.2 Å². The number of aromatic nitrogens is 3. The van der Waals surface area contributed by atoms with Crippen molar-refractivity contribution in [2.45, 2.75) is 50.1 Å². The zero-order chi connectivity index (χ0) is 12.1. The fourth-order valence-electron chi connectivity index (χ4n) is 2.42. The maximum atomic E-state index is 5.70. The highest BCUT2D eigenvalue weighted by molar-refractivity contribution is 7.98. The summed E-state index contributed by atoms with van der Waals surface area (Å²) in [4.78, 5) is 12.8. The molecule has 4 nitrogen and oxygen atoms in total. The Morgan fingerprint density at radius 2 is 1.82 bits per heavy atom. The summed E-state index contributed by atoms with van der Waals surface area (Å²) in [6.07, 6.45) is 11.0. The highest BCUT2D eigenvalue weighted by atomic mass is 32.2. The third-order valence-electron chi connectivity index (χ3n) is 3.31. The summed E-state index contributed by atoms with van der Waals surface area (Å²) < 4.78 is 0. The van der Waals surface area contributed by atoms with Crippen LogP contribution in [0.2, 0.25) is 0 Å². The molecule has 0 spiro atoms. The van der Waals surface area contributed by atoms with E-state index in [2.05, 4.69) is 15.0 Å². The van der Waals surface area contributed by atoms with E-state index in [9.17, 15) is 0 Å². The van der Waals surface area contributed by atoms with Crippen LogP contribution in [0.5, 0.6) is 0 Å². The minimum absolute atomic E-state index is 0.355. The molecule has 2 rings (SSSR count). The van der Waals surface area contributed by atoms with Crippen molar-refractivity contribution in [2.24, 2.45) is 5.92 Å². The van der Waals surface area contributed by atoms with E-state index in [0.717, 1.165) is 23.3 Å². The van der Waals surface area contributed by atoms with Crippen LogP contribution in [0.3, 0.4) is 0 Å². The summed E-state index contributed by atoms with van der Waals surface area (Å²) in [5.74, 6) is 1.95. The van der Waals surface area contributed by atoms with Gasteiger partial charge < -0.3 is 5.73 Å². The van der Waals surface area contributed by atoms with Gasteiger partial charge in [0.15, 0.2) is 5.16 Å². The Labute approximate surface area is 107 Å². The lowest BCUT2D eigenvalue weighted by molar-refractivity contribution is 0.445. The van der Waals surface area contributed by atoms with Gasteiger partial charge in [0.2, 0.25) is 5.95 Å². The van der Waals surface area contributed by atoms with Gasteiger partial charge in [-0.1, -0.05) is 50.3 Å². The zero-order valence-corrected chi connectivity index (χ0v) is 11.2. The summed E-state index contributed by atoms with van der Waals surface area (Å²) in [5, 5.41) is 0.737. The third kappa shape index (κ3) is 3.84. The van der Waals surface area contributed by atoms with E-state index in [1.165, 1.54) is 50.3 Å². The second-order valence-electron chi connectivity index (χ2n) is 4.66. The molecule has 0 amide bonds. The first kappa shape index (κ1) is 12.6. The van der Waals surface area contributed by atoms with Gasteiger partial charge in [-0.05, 0) is 12.2 Å². The van der Waals surface area contributed by atoms with E-state index in [-0.39, 0.29) is 0 Å². The normalized spacial score (nSPS) is 17.9. The predicted octanol–water partition coefficient (Wildman–Crippen LogP) is 2.69. The topological polar surface area (TPSA) is 64.7 Å². The summed E-state index contributed by atoms with van der Waals surface area (Å²) in [6.45, 7) is 0. The number of nitrogens with two attached hydrogens (primary N) is 1. The minimum Gasteiger partial charge on any atom is -0.368 e. The van der Waals surface area contributed by atoms with E-state index in [1.807, 2.05) is 6.26 Å². The summed E-state index contributed by atoms with van der Waals surface area (Å²) in [7, 11) is 0. The van der Waals surface area contributed by atoms with Crippen LogP contribution in [-0.2, 0) is 6.42 Å². The van der Waals surface area contributed by atoms with Crippen molar-refractivity contribution >= 4 is 17.7 Å². The monoisotopic (exact) mass is 252 g/mol. The first-order valence-electron chi connectivity index (χ1n) is 6.32. The number of rotatable bonds is 3. The second-order valence-corrected chi connectivity index (χ2v) is 5.43. The first-order valence-corrected chi connectivity index (χ1v) is 7.55. The van der Waals surface area contributed by atoms with Crippen molar-refractivity contribution in [3.8, 4) is 0 Å². The molecule has 1 heterocycles. The van der Waals surface area contributed by atoms with Crippen molar-refractivity contribution in [1.29, 1.82) is 0 Å². The average molecular weight is 252 g/mol. The third-order valence-corrected chi connectivity index (χ3v) is 3.85. The van der Waals surface area contributed by atoms with Gasteiger partial charge in [0.05, 0.1) is 0 Å². The Hall–Kier alpha value is -0.840. The van der Waals surface area contributed by atoms with Crippen molar-refractivity contribution in [3.63, 3.8) is 0 Å². The molecule has 94 valence electrons. The summed E-state index contributed by atoms with van der Waals surface area (Å²) >= 11 is 1.52. The molecule has 5 heteroatoms. The molecular formula is C12H20N4S. The first-order chi connectivity index (χ1) is 8.28. The van der Waals surface area contributed by atoms with Gasteiger partial charge in [-0.25, -0.2) is 4.98 Å². The number of thioether (sulfide) groups is 1. The lowest BCUT2D eigenvalue weighted by Gasteiger charge is -2.12. The molecule has 2 N–H and O–H groups in total. The molecule has 0 unspecified atom stereocenters. The van der Waals surface area contributed by atoms with Crippen LogP contribution in [0.1, 0.15) is 44.3 Å². The maximum absolute atomic E-state index is 5.70. The van der Waals surface area contributed by atoms with Crippen molar-refractivity contribution in [2.75, 3.05) is 12.0 Å². The molecule has 0 radical (unpaired) electrons. The molecule has 1 aliphatic carbocycles. The summed E-state index contributed by atoms with van der Waals surface area (Å²) in [5.41, 5.74) is 5.70. The number of anilines is 1. The molecule has 17 heavy (non-hydrogen) atoms. The zero-order valence-electron chi connectivity index (χ0n) is 10.4. The molecule has 1 saturated carbocycles. The van der Waals surface area contributed by atoms with Crippen LogP contribution >= 0.6 is 11.8 Å². The second kappa shape index (κ2) is 6.19.